The van der Waals surface area contributed by atoms with Gasteiger partial charge < -0.3 is 5.32 Å². The van der Waals surface area contributed by atoms with Gasteiger partial charge in [-0.1, -0.05) is 24.4 Å². The highest BCUT2D eigenvalue weighted by Gasteiger charge is 2.25. The molecule has 90 valence electrons. The molecule has 0 radical (unpaired) electrons. The molecule has 1 fully saturated rings. The summed E-state index contributed by atoms with van der Waals surface area (Å²) in [5.41, 5.74) is 0.977. The molecule has 1 aliphatic carbocycles. The van der Waals surface area contributed by atoms with Crippen molar-refractivity contribution in [3.05, 3.63) is 27.7 Å². The molecule has 0 aliphatic heterocycles. The quantitative estimate of drug-likeness (QED) is 0.866. The second-order valence-electron chi connectivity index (χ2n) is 4.40. The Bertz CT molecular complexity index is 442. The molecule has 0 amide bonds. The van der Waals surface area contributed by atoms with Crippen LogP contribution in [-0.4, -0.2) is 6.04 Å². The Morgan fingerprint density at radius 3 is 2.88 bits per heavy atom. The predicted molar refractivity (Wildman–Crippen MR) is 74.1 cm³/mol. The van der Waals surface area contributed by atoms with Crippen LogP contribution in [0.25, 0.3) is 0 Å². The van der Waals surface area contributed by atoms with Gasteiger partial charge in [0.2, 0.25) is 0 Å². The van der Waals surface area contributed by atoms with Crippen molar-refractivity contribution in [2.45, 2.75) is 31.7 Å². The molecule has 1 saturated carbocycles. The first-order valence-corrected chi connectivity index (χ1v) is 6.99. The summed E-state index contributed by atoms with van der Waals surface area (Å²) >= 11 is 9.47. The minimum atomic E-state index is 0.106. The molecule has 0 aromatic heterocycles. The molecule has 1 aromatic carbocycles. The molecule has 2 nitrogen and oxygen atoms in total. The first kappa shape index (κ1) is 12.7. The summed E-state index contributed by atoms with van der Waals surface area (Å²) in [6.07, 6.45) is 4.39. The van der Waals surface area contributed by atoms with Crippen molar-refractivity contribution in [2.75, 3.05) is 5.32 Å². The van der Waals surface area contributed by atoms with E-state index in [9.17, 15) is 0 Å². The number of hydrogen-bond donors (Lipinski definition) is 1. The average Bonchev–Trinajstić information content (AvgIpc) is 2.34. The highest BCUT2D eigenvalue weighted by Crippen LogP contribution is 2.31. The number of nitrogens with zero attached hydrogens (tertiary/aromatic N) is 1. The molecule has 17 heavy (non-hydrogen) atoms. The van der Waals surface area contributed by atoms with Gasteiger partial charge in [-0.3, -0.25) is 0 Å². The van der Waals surface area contributed by atoms with Gasteiger partial charge in [-0.15, -0.1) is 0 Å². The van der Waals surface area contributed by atoms with Gasteiger partial charge in [-0.05, 0) is 47.0 Å². The molecule has 2 atom stereocenters. The number of halogens is 2. The summed E-state index contributed by atoms with van der Waals surface area (Å²) in [5, 5.41) is 13.3. The van der Waals surface area contributed by atoms with E-state index in [0.717, 1.165) is 29.4 Å². The molecule has 0 bridgehead atoms. The third-order valence-electron chi connectivity index (χ3n) is 3.20. The highest BCUT2D eigenvalue weighted by molar-refractivity contribution is 9.10. The van der Waals surface area contributed by atoms with Gasteiger partial charge in [0, 0.05) is 15.5 Å². The van der Waals surface area contributed by atoms with Crippen molar-refractivity contribution in [1.82, 2.24) is 0 Å². The molecule has 1 N–H and O–H groups in total. The molecular formula is C13H14BrClN2. The fourth-order valence-electron chi connectivity index (χ4n) is 2.27. The number of benzene rings is 1. The van der Waals surface area contributed by atoms with Crippen molar-refractivity contribution < 1.29 is 0 Å². The van der Waals surface area contributed by atoms with Gasteiger partial charge >= 0.3 is 0 Å². The van der Waals surface area contributed by atoms with Crippen LogP contribution in [0.1, 0.15) is 25.7 Å². The number of nitriles is 1. The molecule has 2 rings (SSSR count). The van der Waals surface area contributed by atoms with E-state index in [2.05, 4.69) is 27.3 Å². The van der Waals surface area contributed by atoms with E-state index in [1.165, 1.54) is 6.42 Å². The topological polar surface area (TPSA) is 35.8 Å². The minimum Gasteiger partial charge on any atom is -0.380 e. The number of rotatable bonds is 2. The van der Waals surface area contributed by atoms with E-state index in [1.807, 2.05) is 18.2 Å². The third-order valence-corrected chi connectivity index (χ3v) is 4.13. The molecule has 0 saturated heterocycles. The van der Waals surface area contributed by atoms with Crippen molar-refractivity contribution in [3.8, 4) is 6.07 Å². The summed E-state index contributed by atoms with van der Waals surface area (Å²) in [6, 6.07) is 8.31. The molecular weight excluding hydrogens is 300 g/mol. The molecule has 4 heteroatoms. The van der Waals surface area contributed by atoms with Crippen molar-refractivity contribution >= 4 is 33.2 Å². The lowest BCUT2D eigenvalue weighted by atomic mass is 9.85. The van der Waals surface area contributed by atoms with Gasteiger partial charge in [-0.2, -0.15) is 5.26 Å². The number of anilines is 1. The zero-order valence-electron chi connectivity index (χ0n) is 9.42. The summed E-state index contributed by atoms with van der Waals surface area (Å²) in [6.45, 7) is 0. The maximum atomic E-state index is 9.14. The van der Waals surface area contributed by atoms with Crippen molar-refractivity contribution in [2.24, 2.45) is 5.92 Å². The number of nitrogens with one attached hydrogen (secondary N) is 1. The normalized spacial score (nSPS) is 24.1. The fraction of sp³-hybridized carbons (Fsp3) is 0.462. The van der Waals surface area contributed by atoms with Gasteiger partial charge in [0.1, 0.15) is 0 Å². The van der Waals surface area contributed by atoms with E-state index in [1.54, 1.807) is 0 Å². The van der Waals surface area contributed by atoms with Gasteiger partial charge in [0.25, 0.3) is 0 Å². The monoisotopic (exact) mass is 312 g/mol. The van der Waals surface area contributed by atoms with Crippen molar-refractivity contribution in [3.63, 3.8) is 0 Å². The number of hydrogen-bond acceptors (Lipinski definition) is 2. The predicted octanol–water partition coefficient (Wildman–Crippen LogP) is 4.60. The van der Waals surface area contributed by atoms with E-state index < -0.39 is 0 Å². The smallest absolute Gasteiger partial charge is 0.0677 e. The Balaban J connectivity index is 2.14. The zero-order chi connectivity index (χ0) is 12.3. The minimum absolute atomic E-state index is 0.106. The summed E-state index contributed by atoms with van der Waals surface area (Å²) < 4.78 is 0.990. The van der Waals surface area contributed by atoms with Crippen LogP contribution in [0, 0.1) is 17.2 Å². The first-order valence-electron chi connectivity index (χ1n) is 5.82. The molecule has 1 aromatic rings. The van der Waals surface area contributed by atoms with Crippen LogP contribution >= 0.6 is 27.5 Å². The zero-order valence-corrected chi connectivity index (χ0v) is 11.8. The van der Waals surface area contributed by atoms with Gasteiger partial charge in [0.15, 0.2) is 0 Å². The maximum Gasteiger partial charge on any atom is 0.0677 e. The molecule has 0 spiro atoms. The lowest BCUT2D eigenvalue weighted by Crippen LogP contribution is -2.31. The second-order valence-corrected chi connectivity index (χ2v) is 5.69. The van der Waals surface area contributed by atoms with Crippen LogP contribution < -0.4 is 5.32 Å². The Labute approximate surface area is 115 Å². The molecule has 2 unspecified atom stereocenters. The van der Waals surface area contributed by atoms with Crippen LogP contribution in [0.4, 0.5) is 5.69 Å². The lowest BCUT2D eigenvalue weighted by Gasteiger charge is -2.28. The van der Waals surface area contributed by atoms with E-state index >= 15 is 0 Å². The lowest BCUT2D eigenvalue weighted by molar-refractivity contribution is 0.388. The van der Waals surface area contributed by atoms with Crippen LogP contribution in [0.15, 0.2) is 22.7 Å². The summed E-state index contributed by atoms with van der Waals surface area (Å²) in [4.78, 5) is 0. The Hall–Kier alpha value is -0.720. The van der Waals surface area contributed by atoms with E-state index in [0.29, 0.717) is 5.02 Å². The summed E-state index contributed by atoms with van der Waals surface area (Å²) in [5.74, 6) is 0.106. The maximum absolute atomic E-state index is 9.14. The standard InChI is InChI=1S/C13H14BrClN2/c14-11-6-5-10(15)7-13(11)17-12-4-2-1-3-9(12)8-16/h5-7,9,12,17H,1-4H2. The van der Waals surface area contributed by atoms with Crippen LogP contribution in [0.2, 0.25) is 5.02 Å². The van der Waals surface area contributed by atoms with Crippen LogP contribution in [0.3, 0.4) is 0 Å². The first-order chi connectivity index (χ1) is 8.20. The fourth-order valence-corrected chi connectivity index (χ4v) is 2.80. The Morgan fingerprint density at radius 2 is 2.12 bits per heavy atom. The Morgan fingerprint density at radius 1 is 1.35 bits per heavy atom. The van der Waals surface area contributed by atoms with E-state index in [4.69, 9.17) is 16.9 Å². The largest absolute Gasteiger partial charge is 0.380 e. The average molecular weight is 314 g/mol. The highest BCUT2D eigenvalue weighted by atomic mass is 79.9. The SMILES string of the molecule is N#CC1CCCCC1Nc1cc(Cl)ccc1Br. The van der Waals surface area contributed by atoms with Crippen molar-refractivity contribution in [1.29, 1.82) is 5.26 Å². The van der Waals surface area contributed by atoms with E-state index in [-0.39, 0.29) is 12.0 Å². The molecule has 1 aliphatic rings. The van der Waals surface area contributed by atoms with Crippen LogP contribution in [-0.2, 0) is 0 Å². The van der Waals surface area contributed by atoms with Gasteiger partial charge in [-0.25, -0.2) is 0 Å². The Kier molecular flexibility index (Phi) is 4.31. The second kappa shape index (κ2) is 5.75. The summed E-state index contributed by atoms with van der Waals surface area (Å²) in [7, 11) is 0. The van der Waals surface area contributed by atoms with Gasteiger partial charge in [0.05, 0.1) is 17.7 Å². The van der Waals surface area contributed by atoms with Crippen LogP contribution in [0.5, 0.6) is 0 Å². The third kappa shape index (κ3) is 3.14. The molecule has 0 heterocycles.